The van der Waals surface area contributed by atoms with Gasteiger partial charge in [-0.25, -0.2) is 4.79 Å². The summed E-state index contributed by atoms with van der Waals surface area (Å²) in [4.78, 5) is 28.7. The molecular weight excluding hydrogens is 416 g/mol. The fourth-order valence-corrected chi connectivity index (χ4v) is 4.49. The molecule has 2 fully saturated rings. The van der Waals surface area contributed by atoms with Crippen LogP contribution in [-0.2, 0) is 16.1 Å². The standard InChI is InChI=1S/C22H34N4O6/c1-14(27)18(19(23)28)24-20(29)16-9-5-11-25(16)21(30)17-10-6-12-26(17)22(31)32-13-15-7-3-2-4-8-15/h2-4,7-8,14,16-19,21,27-28,30H,5-6,9-13,23H2,1H3,(H,24,29)/t14-,16+,17+,18+,19?,21?/m1/s1. The van der Waals surface area contributed by atoms with Crippen LogP contribution in [0.3, 0.4) is 0 Å². The molecule has 1 aromatic rings. The zero-order chi connectivity index (χ0) is 23.3. The molecule has 2 unspecified atom stereocenters. The Balaban J connectivity index is 1.62. The van der Waals surface area contributed by atoms with Gasteiger partial charge in [0.15, 0.2) is 0 Å². The second-order valence-corrected chi connectivity index (χ2v) is 8.52. The van der Waals surface area contributed by atoms with Gasteiger partial charge in [-0.3, -0.25) is 9.69 Å². The van der Waals surface area contributed by atoms with Crippen molar-refractivity contribution in [3.05, 3.63) is 35.9 Å². The Labute approximate surface area is 187 Å². The summed E-state index contributed by atoms with van der Waals surface area (Å²) in [7, 11) is 0. The predicted octanol–water partition coefficient (Wildman–Crippen LogP) is -0.287. The van der Waals surface area contributed by atoms with Gasteiger partial charge in [0.2, 0.25) is 5.91 Å². The SMILES string of the molecule is C[C@@H](O)[C@H](NC(=O)[C@@H]1CCCN1C(O)[C@@H]1CCCN1C(=O)OCc1ccccc1)C(N)O. The molecule has 2 aliphatic heterocycles. The fourth-order valence-electron chi connectivity index (χ4n) is 4.49. The second-order valence-electron chi connectivity index (χ2n) is 8.52. The predicted molar refractivity (Wildman–Crippen MR) is 116 cm³/mol. The monoisotopic (exact) mass is 450 g/mol. The van der Waals surface area contributed by atoms with Gasteiger partial charge in [-0.15, -0.1) is 0 Å². The van der Waals surface area contributed by atoms with Gasteiger partial charge in [-0.2, -0.15) is 0 Å². The summed E-state index contributed by atoms with van der Waals surface area (Å²) >= 11 is 0. The summed E-state index contributed by atoms with van der Waals surface area (Å²) in [6.07, 6.45) is -1.43. The second kappa shape index (κ2) is 11.1. The molecule has 10 nitrogen and oxygen atoms in total. The molecule has 0 radical (unpaired) electrons. The zero-order valence-electron chi connectivity index (χ0n) is 18.3. The van der Waals surface area contributed by atoms with Crippen LogP contribution in [0.25, 0.3) is 0 Å². The molecule has 0 spiro atoms. The van der Waals surface area contributed by atoms with Crippen LogP contribution in [0.1, 0.15) is 38.2 Å². The summed E-state index contributed by atoms with van der Waals surface area (Å²) in [6.45, 7) is 2.55. The van der Waals surface area contributed by atoms with Crippen LogP contribution in [0.4, 0.5) is 4.79 Å². The fraction of sp³-hybridized carbons (Fsp3) is 0.636. The van der Waals surface area contributed by atoms with Gasteiger partial charge < -0.3 is 36.0 Å². The Kier molecular flexibility index (Phi) is 8.44. The van der Waals surface area contributed by atoms with Crippen LogP contribution < -0.4 is 11.1 Å². The number of rotatable bonds is 8. The number of carbonyl (C=O) groups excluding carboxylic acids is 2. The van der Waals surface area contributed by atoms with Gasteiger partial charge in [-0.1, -0.05) is 30.3 Å². The number of hydrogen-bond acceptors (Lipinski definition) is 8. The van der Waals surface area contributed by atoms with E-state index in [1.54, 1.807) is 4.90 Å². The molecule has 6 N–H and O–H groups in total. The van der Waals surface area contributed by atoms with Crippen molar-refractivity contribution in [2.24, 2.45) is 5.73 Å². The molecular formula is C22H34N4O6. The molecule has 0 aromatic heterocycles. The van der Waals surface area contributed by atoms with Crippen LogP contribution in [-0.4, -0.2) is 86.9 Å². The number of carbonyl (C=O) groups is 2. The van der Waals surface area contributed by atoms with E-state index in [-0.39, 0.29) is 6.61 Å². The maximum Gasteiger partial charge on any atom is 0.410 e. The highest BCUT2D eigenvalue weighted by molar-refractivity contribution is 5.82. The van der Waals surface area contributed by atoms with E-state index in [4.69, 9.17) is 10.5 Å². The van der Waals surface area contributed by atoms with Gasteiger partial charge >= 0.3 is 6.09 Å². The van der Waals surface area contributed by atoms with Crippen molar-refractivity contribution >= 4 is 12.0 Å². The lowest BCUT2D eigenvalue weighted by molar-refractivity contribution is -0.134. The number of amides is 2. The summed E-state index contributed by atoms with van der Waals surface area (Å²) in [6, 6.07) is 7.22. The van der Waals surface area contributed by atoms with E-state index in [1.165, 1.54) is 11.8 Å². The molecule has 32 heavy (non-hydrogen) atoms. The van der Waals surface area contributed by atoms with Gasteiger partial charge in [0.05, 0.1) is 24.2 Å². The van der Waals surface area contributed by atoms with Crippen LogP contribution in [0.15, 0.2) is 30.3 Å². The van der Waals surface area contributed by atoms with Gasteiger partial charge in [-0.05, 0) is 38.2 Å². The Morgan fingerprint density at radius 2 is 1.84 bits per heavy atom. The summed E-state index contributed by atoms with van der Waals surface area (Å²) in [5, 5.41) is 33.1. The Hall–Kier alpha value is -2.24. The van der Waals surface area contributed by atoms with Crippen molar-refractivity contribution in [2.45, 2.75) is 75.9 Å². The minimum Gasteiger partial charge on any atom is -0.445 e. The van der Waals surface area contributed by atoms with Crippen molar-refractivity contribution in [1.29, 1.82) is 0 Å². The number of nitrogens with one attached hydrogen (secondary N) is 1. The molecule has 1 aromatic carbocycles. The quantitative estimate of drug-likeness (QED) is 0.339. The van der Waals surface area contributed by atoms with Gasteiger partial charge in [0.1, 0.15) is 19.1 Å². The number of aliphatic hydroxyl groups is 3. The average Bonchev–Trinajstić information content (AvgIpc) is 3.45. The zero-order valence-corrected chi connectivity index (χ0v) is 18.3. The van der Waals surface area contributed by atoms with Crippen LogP contribution in [0, 0.1) is 0 Å². The normalized spacial score (nSPS) is 25.2. The average molecular weight is 451 g/mol. The highest BCUT2D eigenvalue weighted by Crippen LogP contribution is 2.28. The summed E-state index contributed by atoms with van der Waals surface area (Å²) < 4.78 is 5.44. The van der Waals surface area contributed by atoms with E-state index in [9.17, 15) is 24.9 Å². The Morgan fingerprint density at radius 3 is 2.50 bits per heavy atom. The van der Waals surface area contributed by atoms with Crippen LogP contribution >= 0.6 is 0 Å². The number of hydrogen-bond donors (Lipinski definition) is 5. The molecule has 2 saturated heterocycles. The van der Waals surface area contributed by atoms with Gasteiger partial charge in [0.25, 0.3) is 0 Å². The number of nitrogens with zero attached hydrogens (tertiary/aromatic N) is 2. The molecule has 0 bridgehead atoms. The number of ether oxygens (including phenoxy) is 1. The number of nitrogens with two attached hydrogens (primary N) is 1. The van der Waals surface area contributed by atoms with Crippen molar-refractivity contribution in [1.82, 2.24) is 15.1 Å². The van der Waals surface area contributed by atoms with Gasteiger partial charge in [0, 0.05) is 13.1 Å². The molecule has 10 heteroatoms. The van der Waals surface area contributed by atoms with Crippen molar-refractivity contribution in [3.63, 3.8) is 0 Å². The molecule has 2 aliphatic rings. The van der Waals surface area contributed by atoms with Crippen molar-refractivity contribution in [3.8, 4) is 0 Å². The minimum absolute atomic E-state index is 0.149. The molecule has 178 valence electrons. The number of benzene rings is 1. The van der Waals surface area contributed by atoms with E-state index in [2.05, 4.69) is 5.32 Å². The minimum atomic E-state index is -1.41. The van der Waals surface area contributed by atoms with Crippen LogP contribution in [0.2, 0.25) is 0 Å². The van der Waals surface area contributed by atoms with Crippen LogP contribution in [0.5, 0.6) is 0 Å². The van der Waals surface area contributed by atoms with Crippen molar-refractivity contribution < 1.29 is 29.6 Å². The number of aliphatic hydroxyl groups excluding tert-OH is 3. The largest absolute Gasteiger partial charge is 0.445 e. The first kappa shape index (κ1) is 24.4. The first-order chi connectivity index (χ1) is 15.3. The Bertz CT molecular complexity index is 754. The molecule has 6 atom stereocenters. The summed E-state index contributed by atoms with van der Waals surface area (Å²) in [5.74, 6) is -0.423. The highest BCUT2D eigenvalue weighted by Gasteiger charge is 2.43. The van der Waals surface area contributed by atoms with E-state index >= 15 is 0 Å². The smallest absolute Gasteiger partial charge is 0.410 e. The first-order valence-corrected chi connectivity index (χ1v) is 11.1. The lowest BCUT2D eigenvalue weighted by Gasteiger charge is -2.36. The molecule has 0 saturated carbocycles. The van der Waals surface area contributed by atoms with E-state index < -0.39 is 48.7 Å². The Morgan fingerprint density at radius 1 is 1.16 bits per heavy atom. The molecule has 0 aliphatic carbocycles. The third-order valence-electron chi connectivity index (χ3n) is 6.22. The highest BCUT2D eigenvalue weighted by atomic mass is 16.6. The maximum atomic E-state index is 12.8. The molecule has 2 heterocycles. The number of likely N-dealkylation sites (tertiary alicyclic amines) is 2. The first-order valence-electron chi connectivity index (χ1n) is 11.1. The topological polar surface area (TPSA) is 149 Å². The molecule has 3 rings (SSSR count). The summed E-state index contributed by atoms with van der Waals surface area (Å²) in [5.41, 5.74) is 6.34. The van der Waals surface area contributed by atoms with E-state index in [0.29, 0.717) is 32.4 Å². The van der Waals surface area contributed by atoms with E-state index in [1.807, 2.05) is 30.3 Å². The molecule has 2 amide bonds. The third-order valence-corrected chi connectivity index (χ3v) is 6.22. The third kappa shape index (κ3) is 5.76. The lowest BCUT2D eigenvalue weighted by Crippen LogP contribution is -2.59. The van der Waals surface area contributed by atoms with Crippen molar-refractivity contribution in [2.75, 3.05) is 13.1 Å². The maximum absolute atomic E-state index is 12.8. The lowest BCUT2D eigenvalue weighted by atomic mass is 10.1. The van der Waals surface area contributed by atoms with E-state index in [0.717, 1.165) is 12.0 Å².